The van der Waals surface area contributed by atoms with Gasteiger partial charge in [0, 0.05) is 31.9 Å². The Hall–Kier alpha value is -0.840. The molecule has 1 fully saturated rings. The molecule has 0 amide bonds. The van der Waals surface area contributed by atoms with Gasteiger partial charge in [0.2, 0.25) is 0 Å². The molecule has 1 heterocycles. The van der Waals surface area contributed by atoms with Gasteiger partial charge in [-0.2, -0.15) is 5.06 Å². The highest BCUT2D eigenvalue weighted by molar-refractivity contribution is 5.20. The highest BCUT2D eigenvalue weighted by atomic mass is 16.5. The van der Waals surface area contributed by atoms with Gasteiger partial charge in [0.1, 0.15) is 0 Å². The summed E-state index contributed by atoms with van der Waals surface area (Å²) in [6.45, 7) is 10.6. The Labute approximate surface area is 104 Å². The first-order valence-corrected chi connectivity index (χ1v) is 6.07. The van der Waals surface area contributed by atoms with Gasteiger partial charge in [-0.3, -0.25) is 0 Å². The monoisotopic (exact) mass is 240 g/mol. The van der Waals surface area contributed by atoms with Crippen LogP contribution in [0.15, 0.2) is 23.4 Å². The maximum atomic E-state index is 9.79. The van der Waals surface area contributed by atoms with Gasteiger partial charge in [-0.15, -0.1) is 0 Å². The van der Waals surface area contributed by atoms with E-state index in [1.807, 2.05) is 19.1 Å². The molecule has 0 bridgehead atoms. The van der Waals surface area contributed by atoms with Gasteiger partial charge >= 0.3 is 0 Å². The number of allylic oxidation sites excluding steroid dienone is 3. The molecule has 1 aliphatic heterocycles. The van der Waals surface area contributed by atoms with Gasteiger partial charge in [-0.05, 0) is 39.3 Å². The number of piperazine rings is 1. The second-order valence-corrected chi connectivity index (χ2v) is 5.16. The molecule has 1 saturated heterocycles. The van der Waals surface area contributed by atoms with Crippen molar-refractivity contribution in [3.63, 3.8) is 0 Å². The maximum Gasteiger partial charge on any atom is 0.0801 e. The van der Waals surface area contributed by atoms with Crippen molar-refractivity contribution in [2.75, 3.05) is 26.2 Å². The van der Waals surface area contributed by atoms with Crippen LogP contribution in [0.2, 0.25) is 0 Å². The van der Waals surface area contributed by atoms with Gasteiger partial charge in [-0.25, -0.2) is 0 Å². The van der Waals surface area contributed by atoms with Crippen LogP contribution in [0.4, 0.5) is 0 Å². The Morgan fingerprint density at radius 1 is 1.06 bits per heavy atom. The SMILES string of the molecule is C/C(=C\C=C(/C)C(C)(C)O)N1CCN(O)CC1. The van der Waals surface area contributed by atoms with Crippen molar-refractivity contribution >= 4 is 0 Å². The van der Waals surface area contributed by atoms with Crippen LogP contribution in [0.3, 0.4) is 0 Å². The zero-order chi connectivity index (χ0) is 13.1. The quantitative estimate of drug-likeness (QED) is 0.736. The van der Waals surface area contributed by atoms with Crippen molar-refractivity contribution in [3.05, 3.63) is 23.4 Å². The molecule has 0 spiro atoms. The topological polar surface area (TPSA) is 46.9 Å². The molecule has 0 aromatic heterocycles. The van der Waals surface area contributed by atoms with Gasteiger partial charge in [0.25, 0.3) is 0 Å². The highest BCUT2D eigenvalue weighted by Gasteiger charge is 2.16. The molecule has 0 aromatic rings. The second-order valence-electron chi connectivity index (χ2n) is 5.16. The van der Waals surface area contributed by atoms with Crippen LogP contribution in [0, 0.1) is 0 Å². The third kappa shape index (κ3) is 4.50. The number of aliphatic hydroxyl groups is 1. The smallest absolute Gasteiger partial charge is 0.0801 e. The summed E-state index contributed by atoms with van der Waals surface area (Å²) in [6, 6.07) is 0. The highest BCUT2D eigenvalue weighted by Crippen LogP contribution is 2.15. The Kier molecular flexibility index (Phi) is 4.74. The average Bonchev–Trinajstić information content (AvgIpc) is 2.25. The standard InChI is InChI=1S/C13H24N2O2/c1-11(13(3,4)16)5-6-12(2)14-7-9-15(17)10-8-14/h5-6,16-17H,7-10H2,1-4H3/b11-5+,12-6+. The van der Waals surface area contributed by atoms with E-state index in [1.165, 1.54) is 10.8 Å². The molecule has 98 valence electrons. The molecule has 0 unspecified atom stereocenters. The van der Waals surface area contributed by atoms with E-state index in [1.54, 1.807) is 13.8 Å². The van der Waals surface area contributed by atoms with Crippen molar-refractivity contribution in [2.24, 2.45) is 0 Å². The molecule has 0 saturated carbocycles. The molecular weight excluding hydrogens is 216 g/mol. The summed E-state index contributed by atoms with van der Waals surface area (Å²) < 4.78 is 0. The van der Waals surface area contributed by atoms with Crippen molar-refractivity contribution in [1.82, 2.24) is 9.96 Å². The minimum Gasteiger partial charge on any atom is -0.386 e. The van der Waals surface area contributed by atoms with E-state index >= 15 is 0 Å². The van der Waals surface area contributed by atoms with E-state index in [0.717, 1.165) is 18.7 Å². The summed E-state index contributed by atoms with van der Waals surface area (Å²) in [7, 11) is 0. The maximum absolute atomic E-state index is 9.79. The average molecular weight is 240 g/mol. The van der Waals surface area contributed by atoms with Crippen LogP contribution in [-0.4, -0.2) is 52.1 Å². The van der Waals surface area contributed by atoms with Crippen molar-refractivity contribution < 1.29 is 10.3 Å². The number of hydrogen-bond donors (Lipinski definition) is 2. The number of hydrogen-bond acceptors (Lipinski definition) is 4. The molecule has 1 rings (SSSR count). The minimum absolute atomic E-state index is 0.680. The van der Waals surface area contributed by atoms with Crippen molar-refractivity contribution in [2.45, 2.75) is 33.3 Å². The molecule has 4 heteroatoms. The lowest BCUT2D eigenvalue weighted by Crippen LogP contribution is -2.43. The normalized spacial score (nSPS) is 20.9. The lowest BCUT2D eigenvalue weighted by atomic mass is 9.99. The van der Waals surface area contributed by atoms with Crippen LogP contribution in [0.1, 0.15) is 27.7 Å². The van der Waals surface area contributed by atoms with Gasteiger partial charge < -0.3 is 15.2 Å². The lowest BCUT2D eigenvalue weighted by Gasteiger charge is -2.33. The molecule has 4 nitrogen and oxygen atoms in total. The zero-order valence-electron chi connectivity index (χ0n) is 11.3. The van der Waals surface area contributed by atoms with Crippen LogP contribution in [0.25, 0.3) is 0 Å². The first kappa shape index (κ1) is 14.2. The first-order valence-electron chi connectivity index (χ1n) is 6.07. The van der Waals surface area contributed by atoms with Crippen LogP contribution < -0.4 is 0 Å². The number of nitrogens with zero attached hydrogens (tertiary/aromatic N) is 2. The molecule has 2 N–H and O–H groups in total. The lowest BCUT2D eigenvalue weighted by molar-refractivity contribution is -0.113. The van der Waals surface area contributed by atoms with Crippen LogP contribution >= 0.6 is 0 Å². The molecule has 0 aromatic carbocycles. The summed E-state index contributed by atoms with van der Waals surface area (Å²) in [5, 5.41) is 20.4. The summed E-state index contributed by atoms with van der Waals surface area (Å²) in [5.41, 5.74) is 1.35. The fourth-order valence-corrected chi connectivity index (χ4v) is 1.60. The molecule has 0 aliphatic carbocycles. The molecule has 0 radical (unpaired) electrons. The fourth-order valence-electron chi connectivity index (χ4n) is 1.60. The first-order chi connectivity index (χ1) is 7.80. The Morgan fingerprint density at radius 3 is 2.06 bits per heavy atom. The van der Waals surface area contributed by atoms with E-state index in [4.69, 9.17) is 0 Å². The minimum atomic E-state index is -0.763. The third-order valence-electron chi connectivity index (χ3n) is 3.29. The summed E-state index contributed by atoms with van der Waals surface area (Å²) in [5.74, 6) is 0. The predicted molar refractivity (Wildman–Crippen MR) is 68.7 cm³/mol. The Bertz CT molecular complexity index is 308. The van der Waals surface area contributed by atoms with Gasteiger partial charge in [0.05, 0.1) is 5.60 Å². The van der Waals surface area contributed by atoms with E-state index in [-0.39, 0.29) is 0 Å². The second kappa shape index (κ2) is 5.67. The molecule has 17 heavy (non-hydrogen) atoms. The number of rotatable bonds is 3. The molecular formula is C13H24N2O2. The Balaban J connectivity index is 2.61. The van der Waals surface area contributed by atoms with E-state index in [2.05, 4.69) is 11.8 Å². The van der Waals surface area contributed by atoms with Crippen LogP contribution in [0.5, 0.6) is 0 Å². The summed E-state index contributed by atoms with van der Waals surface area (Å²) >= 11 is 0. The largest absolute Gasteiger partial charge is 0.386 e. The van der Waals surface area contributed by atoms with Gasteiger partial charge in [-0.1, -0.05) is 6.08 Å². The van der Waals surface area contributed by atoms with E-state index in [0.29, 0.717) is 13.1 Å². The van der Waals surface area contributed by atoms with E-state index in [9.17, 15) is 10.3 Å². The summed E-state index contributed by atoms with van der Waals surface area (Å²) in [6.07, 6.45) is 3.99. The van der Waals surface area contributed by atoms with Gasteiger partial charge in [0.15, 0.2) is 0 Å². The number of hydroxylamine groups is 2. The van der Waals surface area contributed by atoms with Crippen molar-refractivity contribution in [1.29, 1.82) is 0 Å². The Morgan fingerprint density at radius 2 is 1.59 bits per heavy atom. The van der Waals surface area contributed by atoms with Crippen molar-refractivity contribution in [3.8, 4) is 0 Å². The molecule has 1 aliphatic rings. The fraction of sp³-hybridized carbons (Fsp3) is 0.692. The van der Waals surface area contributed by atoms with E-state index < -0.39 is 5.60 Å². The molecule has 0 atom stereocenters. The zero-order valence-corrected chi connectivity index (χ0v) is 11.3. The third-order valence-corrected chi connectivity index (χ3v) is 3.29. The predicted octanol–water partition coefficient (Wildman–Crippen LogP) is 1.61. The summed E-state index contributed by atoms with van der Waals surface area (Å²) in [4.78, 5) is 2.24. The van der Waals surface area contributed by atoms with Crippen LogP contribution in [-0.2, 0) is 0 Å².